The Bertz CT molecular complexity index is 563. The van der Waals surface area contributed by atoms with Gasteiger partial charge in [0.2, 0.25) is 0 Å². The predicted molar refractivity (Wildman–Crippen MR) is 68.7 cm³/mol. The van der Waals surface area contributed by atoms with E-state index >= 15 is 0 Å². The number of amides is 1. The summed E-state index contributed by atoms with van der Waals surface area (Å²) in [7, 11) is 1.78. The summed E-state index contributed by atoms with van der Waals surface area (Å²) < 4.78 is 5.39. The van der Waals surface area contributed by atoms with Crippen molar-refractivity contribution in [3.8, 4) is 16.2 Å². The van der Waals surface area contributed by atoms with Gasteiger partial charge in [-0.2, -0.15) is 0 Å². The minimum absolute atomic E-state index is 0.0131. The number of carbonyl (C=O) groups excluding carboxylic acids is 1. The van der Waals surface area contributed by atoms with E-state index in [-0.39, 0.29) is 12.5 Å². The second-order valence-electron chi connectivity index (χ2n) is 3.90. The Morgan fingerprint density at radius 2 is 2.24 bits per heavy atom. The van der Waals surface area contributed by atoms with Crippen molar-refractivity contribution in [1.82, 2.24) is 0 Å². The molecule has 17 heavy (non-hydrogen) atoms. The largest absolute Gasteiger partial charge is 0.482 e. The maximum absolute atomic E-state index is 11.6. The van der Waals surface area contributed by atoms with Crippen molar-refractivity contribution >= 4 is 22.9 Å². The third kappa shape index (κ3) is 1.70. The van der Waals surface area contributed by atoms with Crippen LogP contribution in [0.15, 0.2) is 35.7 Å². The molecule has 1 aromatic carbocycles. The van der Waals surface area contributed by atoms with Crippen LogP contribution in [0.1, 0.15) is 0 Å². The van der Waals surface area contributed by atoms with E-state index in [4.69, 9.17) is 4.74 Å². The molecule has 0 N–H and O–H groups in total. The quantitative estimate of drug-likeness (QED) is 0.773. The van der Waals surface area contributed by atoms with Gasteiger partial charge in [0.05, 0.1) is 5.69 Å². The van der Waals surface area contributed by atoms with Gasteiger partial charge >= 0.3 is 0 Å². The van der Waals surface area contributed by atoms with E-state index < -0.39 is 0 Å². The molecule has 2 heterocycles. The summed E-state index contributed by atoms with van der Waals surface area (Å²) in [6, 6.07) is 10.0. The first-order valence-corrected chi connectivity index (χ1v) is 6.21. The molecular weight excluding hydrogens is 234 g/mol. The highest BCUT2D eigenvalue weighted by Crippen LogP contribution is 2.36. The van der Waals surface area contributed by atoms with Crippen LogP contribution in [-0.2, 0) is 4.79 Å². The highest BCUT2D eigenvalue weighted by Gasteiger charge is 2.22. The van der Waals surface area contributed by atoms with Crippen LogP contribution in [0.2, 0.25) is 0 Å². The number of likely N-dealkylation sites (N-methyl/N-ethyl adjacent to an activating group) is 1. The molecule has 0 radical (unpaired) electrons. The zero-order chi connectivity index (χ0) is 11.8. The summed E-state index contributed by atoms with van der Waals surface area (Å²) in [6.07, 6.45) is 0. The Hall–Kier alpha value is -1.81. The lowest BCUT2D eigenvalue weighted by atomic mass is 10.1. The smallest absolute Gasteiger partial charge is 0.264 e. The Morgan fingerprint density at radius 3 is 3.00 bits per heavy atom. The minimum atomic E-state index is -0.0131. The normalized spacial score (nSPS) is 14.4. The van der Waals surface area contributed by atoms with Gasteiger partial charge in [0.1, 0.15) is 5.75 Å². The average molecular weight is 245 g/mol. The van der Waals surface area contributed by atoms with Crippen LogP contribution in [0.5, 0.6) is 5.75 Å². The molecule has 3 nitrogen and oxygen atoms in total. The summed E-state index contributed by atoms with van der Waals surface area (Å²) in [4.78, 5) is 14.4. The van der Waals surface area contributed by atoms with Gasteiger partial charge < -0.3 is 9.64 Å². The van der Waals surface area contributed by atoms with E-state index in [2.05, 4.69) is 6.07 Å². The molecule has 86 valence electrons. The summed E-state index contributed by atoms with van der Waals surface area (Å²) in [5.74, 6) is 0.758. The van der Waals surface area contributed by atoms with Gasteiger partial charge in [-0.1, -0.05) is 6.07 Å². The first kappa shape index (κ1) is 10.4. The Kier molecular flexibility index (Phi) is 2.37. The molecule has 2 aromatic rings. The number of fused-ring (bicyclic) bond motifs is 1. The number of ether oxygens (including phenoxy) is 1. The van der Waals surface area contributed by atoms with Crippen LogP contribution < -0.4 is 9.64 Å². The summed E-state index contributed by atoms with van der Waals surface area (Å²) in [5, 5.41) is 2.04. The van der Waals surface area contributed by atoms with Gasteiger partial charge in [0.15, 0.2) is 6.61 Å². The Labute approximate surface area is 103 Å². The maximum Gasteiger partial charge on any atom is 0.264 e. The second kappa shape index (κ2) is 3.89. The number of nitrogens with zero attached hydrogens (tertiary/aromatic N) is 1. The lowest BCUT2D eigenvalue weighted by Crippen LogP contribution is -2.35. The van der Waals surface area contributed by atoms with E-state index in [1.165, 1.54) is 4.88 Å². The number of hydrogen-bond acceptors (Lipinski definition) is 3. The van der Waals surface area contributed by atoms with Gasteiger partial charge in [0.25, 0.3) is 5.91 Å². The highest BCUT2D eigenvalue weighted by molar-refractivity contribution is 7.13. The number of anilines is 1. The number of benzene rings is 1. The van der Waals surface area contributed by atoms with Crippen LogP contribution >= 0.6 is 11.3 Å². The van der Waals surface area contributed by atoms with Crippen molar-refractivity contribution in [2.45, 2.75) is 0 Å². The molecule has 0 saturated carbocycles. The molecule has 1 amide bonds. The molecule has 1 aromatic heterocycles. The first-order chi connectivity index (χ1) is 8.25. The van der Waals surface area contributed by atoms with Gasteiger partial charge in [0, 0.05) is 11.9 Å². The van der Waals surface area contributed by atoms with Gasteiger partial charge in [-0.3, -0.25) is 4.79 Å². The van der Waals surface area contributed by atoms with Crippen LogP contribution in [-0.4, -0.2) is 19.6 Å². The third-order valence-corrected chi connectivity index (χ3v) is 3.77. The average Bonchev–Trinajstić information content (AvgIpc) is 2.87. The lowest BCUT2D eigenvalue weighted by Gasteiger charge is -2.26. The predicted octanol–water partition coefficient (Wildman–Crippen LogP) is 2.77. The van der Waals surface area contributed by atoms with Crippen molar-refractivity contribution in [2.75, 3.05) is 18.6 Å². The Morgan fingerprint density at radius 1 is 1.35 bits per heavy atom. The summed E-state index contributed by atoms with van der Waals surface area (Å²) >= 11 is 1.68. The second-order valence-corrected chi connectivity index (χ2v) is 4.85. The molecular formula is C13H11NO2S. The van der Waals surface area contributed by atoms with Crippen molar-refractivity contribution < 1.29 is 9.53 Å². The van der Waals surface area contributed by atoms with Gasteiger partial charge in [-0.15, -0.1) is 11.3 Å². The molecule has 3 rings (SSSR count). The van der Waals surface area contributed by atoms with E-state index in [1.807, 2.05) is 29.6 Å². The van der Waals surface area contributed by atoms with Crippen molar-refractivity contribution in [1.29, 1.82) is 0 Å². The number of carbonyl (C=O) groups is 1. The van der Waals surface area contributed by atoms with Crippen LogP contribution in [0.3, 0.4) is 0 Å². The molecule has 1 aliphatic rings. The third-order valence-electron chi connectivity index (χ3n) is 2.85. The molecule has 1 aliphatic heterocycles. The van der Waals surface area contributed by atoms with E-state index in [0.717, 1.165) is 17.0 Å². The summed E-state index contributed by atoms with van der Waals surface area (Å²) in [5.41, 5.74) is 1.95. The van der Waals surface area contributed by atoms with E-state index in [0.29, 0.717) is 0 Å². The fourth-order valence-corrected chi connectivity index (χ4v) is 2.59. The van der Waals surface area contributed by atoms with Crippen LogP contribution in [0, 0.1) is 0 Å². The molecule has 0 spiro atoms. The summed E-state index contributed by atoms with van der Waals surface area (Å²) in [6.45, 7) is 0.127. The Balaban J connectivity index is 2.09. The lowest BCUT2D eigenvalue weighted by molar-refractivity contribution is -0.120. The van der Waals surface area contributed by atoms with Crippen molar-refractivity contribution in [2.24, 2.45) is 0 Å². The van der Waals surface area contributed by atoms with Crippen molar-refractivity contribution in [3.63, 3.8) is 0 Å². The van der Waals surface area contributed by atoms with Crippen LogP contribution in [0.4, 0.5) is 5.69 Å². The SMILES string of the molecule is CN1C(=O)COc2ccc(-c3cccs3)cc21. The topological polar surface area (TPSA) is 29.5 Å². The van der Waals surface area contributed by atoms with Gasteiger partial charge in [-0.25, -0.2) is 0 Å². The van der Waals surface area contributed by atoms with Crippen molar-refractivity contribution in [3.05, 3.63) is 35.7 Å². The molecule has 4 heteroatoms. The van der Waals surface area contributed by atoms with E-state index in [9.17, 15) is 4.79 Å². The number of thiophene rings is 1. The minimum Gasteiger partial charge on any atom is -0.482 e. The highest BCUT2D eigenvalue weighted by atomic mass is 32.1. The molecule has 0 bridgehead atoms. The zero-order valence-electron chi connectivity index (χ0n) is 9.34. The number of rotatable bonds is 1. The van der Waals surface area contributed by atoms with E-state index in [1.54, 1.807) is 23.3 Å². The standard InChI is InChI=1S/C13H11NO2S/c1-14-10-7-9(12-3-2-6-17-12)4-5-11(10)16-8-13(14)15/h2-7H,8H2,1H3. The molecule has 0 atom stereocenters. The maximum atomic E-state index is 11.6. The monoisotopic (exact) mass is 245 g/mol. The molecule has 0 fully saturated rings. The molecule has 0 aliphatic carbocycles. The molecule has 0 unspecified atom stereocenters. The van der Waals surface area contributed by atoms with Crippen LogP contribution in [0.25, 0.3) is 10.4 Å². The zero-order valence-corrected chi connectivity index (χ0v) is 10.2. The fourth-order valence-electron chi connectivity index (χ4n) is 1.87. The first-order valence-electron chi connectivity index (χ1n) is 5.33. The fraction of sp³-hybridized carbons (Fsp3) is 0.154. The number of hydrogen-bond donors (Lipinski definition) is 0. The molecule has 0 saturated heterocycles. The van der Waals surface area contributed by atoms with Gasteiger partial charge in [-0.05, 0) is 35.2 Å².